The smallest absolute Gasteiger partial charge is 0.234 e. The molecular weight excluding hydrogens is 294 g/mol. The van der Waals surface area contributed by atoms with Gasteiger partial charge in [-0.05, 0) is 12.3 Å². The summed E-state index contributed by atoms with van der Waals surface area (Å²) in [6, 6.07) is 0. The largest absolute Gasteiger partial charge is 0.257 e. The summed E-state index contributed by atoms with van der Waals surface area (Å²) in [6.07, 6.45) is 8.72. The number of nitrogens with one attached hydrogen (secondary N) is 1. The van der Waals surface area contributed by atoms with Gasteiger partial charge in [-0.25, -0.2) is 8.42 Å². The van der Waals surface area contributed by atoms with Crippen LogP contribution in [0, 0.1) is 5.92 Å². The zero-order valence-corrected chi connectivity index (χ0v) is 13.6. The number of anilines is 1. The van der Waals surface area contributed by atoms with E-state index in [1.165, 1.54) is 37.0 Å². The molecule has 1 fully saturated rings. The summed E-state index contributed by atoms with van der Waals surface area (Å²) in [6.45, 7) is 2.06. The van der Waals surface area contributed by atoms with Gasteiger partial charge in [-0.1, -0.05) is 56.8 Å². The van der Waals surface area contributed by atoms with Crippen molar-refractivity contribution in [3.8, 4) is 0 Å². The molecule has 1 aliphatic rings. The van der Waals surface area contributed by atoms with Crippen molar-refractivity contribution in [2.75, 3.05) is 10.5 Å². The van der Waals surface area contributed by atoms with Crippen LogP contribution in [0.2, 0.25) is 0 Å². The standard InChI is InChI=1S/C13H23N3O2S2/c1-2-3-6-9-20(17,18)16-13-15-14-12(19-13)10-11-7-4-5-8-11/h11H,2-10H2,1H3,(H,15,16). The van der Waals surface area contributed by atoms with Crippen LogP contribution in [0.3, 0.4) is 0 Å². The number of unbranched alkanes of at least 4 members (excludes halogenated alkanes) is 2. The Hall–Kier alpha value is -0.690. The second-order valence-electron chi connectivity index (χ2n) is 5.48. The SMILES string of the molecule is CCCCCS(=O)(=O)Nc1nnc(CC2CCCC2)s1. The van der Waals surface area contributed by atoms with E-state index in [1.807, 2.05) is 0 Å². The zero-order valence-electron chi connectivity index (χ0n) is 12.0. The van der Waals surface area contributed by atoms with Gasteiger partial charge in [0.2, 0.25) is 15.2 Å². The van der Waals surface area contributed by atoms with E-state index in [1.54, 1.807) is 0 Å². The normalized spacial score (nSPS) is 16.6. The summed E-state index contributed by atoms with van der Waals surface area (Å²) < 4.78 is 26.3. The maximum atomic E-state index is 11.9. The summed E-state index contributed by atoms with van der Waals surface area (Å²) in [7, 11) is -3.26. The van der Waals surface area contributed by atoms with Crippen molar-refractivity contribution in [2.45, 2.75) is 58.3 Å². The molecule has 0 saturated heterocycles. The Kier molecular flexibility index (Phi) is 5.77. The highest BCUT2D eigenvalue weighted by molar-refractivity contribution is 7.92. The molecule has 7 heteroatoms. The Labute approximate surface area is 125 Å². The third kappa shape index (κ3) is 5.01. The molecule has 2 rings (SSSR count). The minimum absolute atomic E-state index is 0.165. The minimum Gasteiger partial charge on any atom is -0.257 e. The molecule has 0 bridgehead atoms. The summed E-state index contributed by atoms with van der Waals surface area (Å²) in [4.78, 5) is 0. The van der Waals surface area contributed by atoms with Gasteiger partial charge in [0.1, 0.15) is 5.01 Å². The van der Waals surface area contributed by atoms with E-state index in [0.717, 1.165) is 24.3 Å². The first-order valence-electron chi connectivity index (χ1n) is 7.42. The van der Waals surface area contributed by atoms with E-state index in [4.69, 9.17) is 0 Å². The number of nitrogens with zero attached hydrogens (tertiary/aromatic N) is 2. The van der Waals surface area contributed by atoms with E-state index in [2.05, 4.69) is 21.8 Å². The van der Waals surface area contributed by atoms with Crippen LogP contribution in [-0.4, -0.2) is 24.4 Å². The van der Waals surface area contributed by atoms with E-state index in [0.29, 0.717) is 17.5 Å². The maximum absolute atomic E-state index is 11.9. The highest BCUT2D eigenvalue weighted by atomic mass is 32.2. The van der Waals surface area contributed by atoms with Crippen molar-refractivity contribution in [2.24, 2.45) is 5.92 Å². The molecule has 0 atom stereocenters. The van der Waals surface area contributed by atoms with E-state index in [-0.39, 0.29) is 5.75 Å². The summed E-state index contributed by atoms with van der Waals surface area (Å²) in [5, 5.41) is 9.41. The highest BCUT2D eigenvalue weighted by Crippen LogP contribution is 2.29. The molecule has 1 saturated carbocycles. The van der Waals surface area contributed by atoms with Crippen LogP contribution in [-0.2, 0) is 16.4 Å². The van der Waals surface area contributed by atoms with Crippen LogP contribution >= 0.6 is 11.3 Å². The average molecular weight is 317 g/mol. The number of sulfonamides is 1. The third-order valence-electron chi connectivity index (χ3n) is 3.66. The highest BCUT2D eigenvalue weighted by Gasteiger charge is 2.19. The van der Waals surface area contributed by atoms with Crippen molar-refractivity contribution >= 4 is 26.5 Å². The van der Waals surface area contributed by atoms with Crippen molar-refractivity contribution in [3.63, 3.8) is 0 Å². The van der Waals surface area contributed by atoms with Gasteiger partial charge in [-0.15, -0.1) is 10.2 Å². The molecular formula is C13H23N3O2S2. The van der Waals surface area contributed by atoms with Gasteiger partial charge < -0.3 is 0 Å². The first kappa shape index (κ1) is 15.7. The van der Waals surface area contributed by atoms with Gasteiger partial charge in [0.15, 0.2) is 0 Å². The topological polar surface area (TPSA) is 72.0 Å². The molecule has 0 spiro atoms. The fraction of sp³-hybridized carbons (Fsp3) is 0.846. The van der Waals surface area contributed by atoms with Gasteiger partial charge in [0.25, 0.3) is 0 Å². The Bertz CT molecular complexity index is 507. The van der Waals surface area contributed by atoms with Crippen LogP contribution in [0.1, 0.15) is 56.9 Å². The van der Waals surface area contributed by atoms with Crippen molar-refractivity contribution in [1.82, 2.24) is 10.2 Å². The third-order valence-corrected chi connectivity index (χ3v) is 5.99. The predicted octanol–water partition coefficient (Wildman–Crippen LogP) is 3.20. The lowest BCUT2D eigenvalue weighted by atomic mass is 10.1. The fourth-order valence-electron chi connectivity index (χ4n) is 2.56. The number of rotatable bonds is 8. The molecule has 0 aliphatic heterocycles. The molecule has 1 heterocycles. The summed E-state index contributed by atoms with van der Waals surface area (Å²) in [5.41, 5.74) is 0. The number of hydrogen-bond donors (Lipinski definition) is 1. The van der Waals surface area contributed by atoms with Crippen molar-refractivity contribution < 1.29 is 8.42 Å². The minimum atomic E-state index is -3.26. The van der Waals surface area contributed by atoms with E-state index >= 15 is 0 Å². The Morgan fingerprint density at radius 2 is 2.00 bits per heavy atom. The van der Waals surface area contributed by atoms with Gasteiger partial charge in [-0.3, -0.25) is 4.72 Å². The summed E-state index contributed by atoms with van der Waals surface area (Å²) in [5.74, 6) is 0.871. The first-order valence-corrected chi connectivity index (χ1v) is 9.89. The average Bonchev–Trinajstić information content (AvgIpc) is 3.02. The van der Waals surface area contributed by atoms with Crippen LogP contribution in [0.15, 0.2) is 0 Å². The molecule has 1 aromatic heterocycles. The van der Waals surface area contributed by atoms with Gasteiger partial charge in [0.05, 0.1) is 5.75 Å². The fourth-order valence-corrected chi connectivity index (χ4v) is 4.81. The lowest BCUT2D eigenvalue weighted by Crippen LogP contribution is -2.16. The second kappa shape index (κ2) is 7.36. The molecule has 0 aromatic carbocycles. The predicted molar refractivity (Wildman–Crippen MR) is 82.5 cm³/mol. The Balaban J connectivity index is 1.85. The first-order chi connectivity index (χ1) is 9.59. The van der Waals surface area contributed by atoms with E-state index < -0.39 is 10.0 Å². The van der Waals surface area contributed by atoms with E-state index in [9.17, 15) is 8.42 Å². The summed E-state index contributed by atoms with van der Waals surface area (Å²) >= 11 is 1.37. The van der Waals surface area contributed by atoms with Crippen molar-refractivity contribution in [3.05, 3.63) is 5.01 Å². The van der Waals surface area contributed by atoms with Gasteiger partial charge in [-0.2, -0.15) is 0 Å². The molecule has 20 heavy (non-hydrogen) atoms. The van der Waals surface area contributed by atoms with Gasteiger partial charge >= 0.3 is 0 Å². The van der Waals surface area contributed by atoms with Crippen molar-refractivity contribution in [1.29, 1.82) is 0 Å². The molecule has 1 aromatic rings. The molecule has 0 unspecified atom stereocenters. The maximum Gasteiger partial charge on any atom is 0.234 e. The quantitative estimate of drug-likeness (QED) is 0.747. The molecule has 114 valence electrons. The van der Waals surface area contributed by atoms with Gasteiger partial charge in [0, 0.05) is 6.42 Å². The number of hydrogen-bond acceptors (Lipinski definition) is 5. The molecule has 5 nitrogen and oxygen atoms in total. The monoisotopic (exact) mass is 317 g/mol. The molecule has 1 aliphatic carbocycles. The Morgan fingerprint density at radius 1 is 1.25 bits per heavy atom. The van der Waals surface area contributed by atoms with Crippen LogP contribution < -0.4 is 4.72 Å². The van der Waals surface area contributed by atoms with Crippen LogP contribution in [0.4, 0.5) is 5.13 Å². The van der Waals surface area contributed by atoms with Crippen LogP contribution in [0.5, 0.6) is 0 Å². The molecule has 0 amide bonds. The molecule has 0 radical (unpaired) electrons. The zero-order chi connectivity index (χ0) is 14.4. The molecule has 1 N–H and O–H groups in total. The second-order valence-corrected chi connectivity index (χ2v) is 8.39. The van der Waals surface area contributed by atoms with Crippen LogP contribution in [0.25, 0.3) is 0 Å². The lowest BCUT2D eigenvalue weighted by molar-refractivity contribution is 0.542. The number of aromatic nitrogens is 2. The lowest BCUT2D eigenvalue weighted by Gasteiger charge is -2.04. The Morgan fingerprint density at radius 3 is 2.70 bits per heavy atom.